The van der Waals surface area contributed by atoms with Crippen molar-refractivity contribution in [2.24, 2.45) is 0 Å². The van der Waals surface area contributed by atoms with Crippen LogP contribution in [0.3, 0.4) is 0 Å². The zero-order valence-electron chi connectivity index (χ0n) is 9.82. The lowest BCUT2D eigenvalue weighted by atomic mass is 10.3. The number of rotatable bonds is 5. The molecule has 0 spiro atoms. The van der Waals surface area contributed by atoms with Crippen LogP contribution in [0.4, 0.5) is 4.79 Å². The van der Waals surface area contributed by atoms with Gasteiger partial charge < -0.3 is 15.3 Å². The van der Waals surface area contributed by atoms with E-state index >= 15 is 0 Å². The molecular weight excluding hydrogens is 228 g/mol. The average molecular weight is 246 g/mol. The lowest BCUT2D eigenvalue weighted by Crippen LogP contribution is -2.51. The zero-order valence-corrected chi connectivity index (χ0v) is 10.6. The molecule has 1 rings (SSSR count). The van der Waals surface area contributed by atoms with Crippen LogP contribution in [0.2, 0.25) is 0 Å². The third-order valence-electron chi connectivity index (χ3n) is 2.89. The number of urea groups is 1. The van der Waals surface area contributed by atoms with Gasteiger partial charge in [-0.05, 0) is 26.0 Å². The molecule has 92 valence electrons. The van der Waals surface area contributed by atoms with Crippen LogP contribution in [0, 0.1) is 0 Å². The molecule has 2 N–H and O–H groups in total. The predicted octanol–water partition coefficient (Wildman–Crippen LogP) is 0.996. The van der Waals surface area contributed by atoms with E-state index in [9.17, 15) is 9.59 Å². The molecule has 0 bridgehead atoms. The summed E-state index contributed by atoms with van der Waals surface area (Å²) in [6.07, 6.45) is 3.03. The number of carboxylic acid groups (broad SMARTS) is 1. The molecule has 2 amide bonds. The minimum atomic E-state index is -0.996. The van der Waals surface area contributed by atoms with Crippen molar-refractivity contribution < 1.29 is 14.7 Å². The van der Waals surface area contributed by atoms with Gasteiger partial charge in [-0.15, -0.1) is 0 Å². The number of amides is 2. The molecule has 0 radical (unpaired) electrons. The largest absolute Gasteiger partial charge is 0.480 e. The predicted molar refractivity (Wildman–Crippen MR) is 63.7 cm³/mol. The second-order valence-electron chi connectivity index (χ2n) is 4.23. The number of thioether (sulfide) groups is 1. The fraction of sp³-hybridized carbons (Fsp3) is 0.800. The van der Waals surface area contributed by atoms with Crippen LogP contribution in [0.25, 0.3) is 0 Å². The average Bonchev–Trinajstić information content (AvgIpc) is 2.98. The second-order valence-corrected chi connectivity index (χ2v) is 5.14. The Labute approximate surface area is 99.6 Å². The van der Waals surface area contributed by atoms with E-state index in [0.717, 1.165) is 5.75 Å². The summed E-state index contributed by atoms with van der Waals surface area (Å²) in [4.78, 5) is 24.2. The SMILES string of the molecule is CSCC(C)N(C)C(=O)NC1(C(=O)O)CC1. The first-order valence-electron chi connectivity index (χ1n) is 5.20. The Morgan fingerprint density at radius 1 is 1.56 bits per heavy atom. The Kier molecular flexibility index (Phi) is 4.07. The van der Waals surface area contributed by atoms with Gasteiger partial charge in [-0.25, -0.2) is 9.59 Å². The van der Waals surface area contributed by atoms with Gasteiger partial charge in [0.05, 0.1) is 0 Å². The van der Waals surface area contributed by atoms with Crippen molar-refractivity contribution in [3.63, 3.8) is 0 Å². The van der Waals surface area contributed by atoms with Gasteiger partial charge in [0.15, 0.2) is 0 Å². The van der Waals surface area contributed by atoms with E-state index in [1.807, 2.05) is 13.2 Å². The maximum absolute atomic E-state index is 11.8. The molecule has 1 unspecified atom stereocenters. The maximum Gasteiger partial charge on any atom is 0.329 e. The Hall–Kier alpha value is -0.910. The Morgan fingerprint density at radius 2 is 2.12 bits per heavy atom. The standard InChI is InChI=1S/C10H18N2O3S/c1-7(6-16-3)12(2)9(15)11-10(4-5-10)8(13)14/h7H,4-6H2,1-3H3,(H,11,15)(H,13,14). The van der Waals surface area contributed by atoms with Gasteiger partial charge in [-0.3, -0.25) is 0 Å². The molecule has 5 nitrogen and oxygen atoms in total. The van der Waals surface area contributed by atoms with Crippen molar-refractivity contribution in [3.8, 4) is 0 Å². The lowest BCUT2D eigenvalue weighted by molar-refractivity contribution is -0.140. The molecule has 0 aliphatic heterocycles. The van der Waals surface area contributed by atoms with E-state index in [1.54, 1.807) is 23.7 Å². The van der Waals surface area contributed by atoms with Crippen molar-refractivity contribution in [2.75, 3.05) is 19.1 Å². The Balaban J connectivity index is 2.49. The number of carbonyl (C=O) groups excluding carboxylic acids is 1. The molecule has 1 fully saturated rings. The highest BCUT2D eigenvalue weighted by Gasteiger charge is 2.52. The smallest absolute Gasteiger partial charge is 0.329 e. The highest BCUT2D eigenvalue weighted by atomic mass is 32.2. The minimum absolute atomic E-state index is 0.0968. The minimum Gasteiger partial charge on any atom is -0.480 e. The van der Waals surface area contributed by atoms with Crippen LogP contribution in [-0.2, 0) is 4.79 Å². The summed E-state index contributed by atoms with van der Waals surface area (Å²) in [5.74, 6) is -0.101. The van der Waals surface area contributed by atoms with Crippen LogP contribution in [0.15, 0.2) is 0 Å². The second kappa shape index (κ2) is 4.95. The van der Waals surface area contributed by atoms with E-state index < -0.39 is 11.5 Å². The number of nitrogens with zero attached hydrogens (tertiary/aromatic N) is 1. The van der Waals surface area contributed by atoms with Gasteiger partial charge >= 0.3 is 12.0 Å². The summed E-state index contributed by atoms with van der Waals surface area (Å²) in [6.45, 7) is 1.94. The van der Waals surface area contributed by atoms with Crippen molar-refractivity contribution in [1.82, 2.24) is 10.2 Å². The Morgan fingerprint density at radius 3 is 2.50 bits per heavy atom. The van der Waals surface area contributed by atoms with Crippen LogP contribution < -0.4 is 5.32 Å². The molecule has 16 heavy (non-hydrogen) atoms. The molecule has 0 aromatic heterocycles. The topological polar surface area (TPSA) is 69.6 Å². The maximum atomic E-state index is 11.8. The van der Waals surface area contributed by atoms with Crippen molar-refractivity contribution in [3.05, 3.63) is 0 Å². The fourth-order valence-electron chi connectivity index (χ4n) is 1.36. The number of hydrogen-bond acceptors (Lipinski definition) is 3. The molecule has 1 atom stereocenters. The summed E-state index contributed by atoms with van der Waals surface area (Å²) >= 11 is 1.66. The first kappa shape index (κ1) is 13.2. The normalized spacial score (nSPS) is 18.7. The number of nitrogens with one attached hydrogen (secondary N) is 1. The highest BCUT2D eigenvalue weighted by molar-refractivity contribution is 7.98. The van der Waals surface area contributed by atoms with E-state index in [2.05, 4.69) is 5.32 Å². The zero-order chi connectivity index (χ0) is 12.3. The van der Waals surface area contributed by atoms with E-state index in [0.29, 0.717) is 12.8 Å². The summed E-state index contributed by atoms with van der Waals surface area (Å²) in [5.41, 5.74) is -0.996. The monoisotopic (exact) mass is 246 g/mol. The van der Waals surface area contributed by atoms with Crippen molar-refractivity contribution >= 4 is 23.8 Å². The molecule has 1 aliphatic rings. The van der Waals surface area contributed by atoms with Crippen molar-refractivity contribution in [2.45, 2.75) is 31.3 Å². The third kappa shape index (κ3) is 2.81. The number of hydrogen-bond donors (Lipinski definition) is 2. The fourth-order valence-corrected chi connectivity index (χ4v) is 2.07. The quantitative estimate of drug-likeness (QED) is 0.759. The van der Waals surface area contributed by atoms with Gasteiger partial charge in [0.25, 0.3) is 0 Å². The lowest BCUT2D eigenvalue weighted by Gasteiger charge is -2.26. The number of aliphatic carboxylic acids is 1. The van der Waals surface area contributed by atoms with E-state index in [-0.39, 0.29) is 12.1 Å². The first-order valence-corrected chi connectivity index (χ1v) is 6.59. The van der Waals surface area contributed by atoms with Gasteiger partial charge in [-0.2, -0.15) is 11.8 Å². The molecule has 1 aliphatic carbocycles. The first-order chi connectivity index (χ1) is 7.43. The molecule has 0 saturated heterocycles. The van der Waals surface area contributed by atoms with Gasteiger partial charge in [0.2, 0.25) is 0 Å². The van der Waals surface area contributed by atoms with Crippen LogP contribution >= 0.6 is 11.8 Å². The summed E-state index contributed by atoms with van der Waals surface area (Å²) < 4.78 is 0. The third-order valence-corrected chi connectivity index (χ3v) is 3.71. The van der Waals surface area contributed by atoms with E-state index in [1.165, 1.54) is 0 Å². The number of carboxylic acids is 1. The molecular formula is C10H18N2O3S. The summed E-state index contributed by atoms with van der Waals surface area (Å²) in [6, 6.07) is -0.207. The summed E-state index contributed by atoms with van der Waals surface area (Å²) in [5, 5.41) is 11.5. The van der Waals surface area contributed by atoms with Crippen LogP contribution in [0.1, 0.15) is 19.8 Å². The Bertz CT molecular complexity index is 292. The van der Waals surface area contributed by atoms with Crippen LogP contribution in [-0.4, -0.2) is 52.6 Å². The highest BCUT2D eigenvalue weighted by Crippen LogP contribution is 2.35. The van der Waals surface area contributed by atoms with Crippen LogP contribution in [0.5, 0.6) is 0 Å². The van der Waals surface area contributed by atoms with E-state index in [4.69, 9.17) is 5.11 Å². The van der Waals surface area contributed by atoms with Crippen molar-refractivity contribution in [1.29, 1.82) is 0 Å². The molecule has 0 aromatic rings. The number of carbonyl (C=O) groups is 2. The van der Waals surface area contributed by atoms with Gasteiger partial charge in [-0.1, -0.05) is 0 Å². The molecule has 0 heterocycles. The molecule has 0 aromatic carbocycles. The van der Waals surface area contributed by atoms with Gasteiger partial charge in [0.1, 0.15) is 5.54 Å². The molecule has 1 saturated carbocycles. The summed E-state index contributed by atoms with van der Waals surface area (Å²) in [7, 11) is 1.69. The van der Waals surface area contributed by atoms with Gasteiger partial charge in [0, 0.05) is 18.8 Å². The molecule has 6 heteroatoms.